The molecule has 2 fully saturated rings. The van der Waals surface area contributed by atoms with Gasteiger partial charge in [0.1, 0.15) is 5.82 Å². The third-order valence-corrected chi connectivity index (χ3v) is 5.85. The van der Waals surface area contributed by atoms with Crippen LogP contribution in [0.3, 0.4) is 0 Å². The Morgan fingerprint density at radius 3 is 2.75 bits per heavy atom. The van der Waals surface area contributed by atoms with Gasteiger partial charge in [-0.1, -0.05) is 12.1 Å². The first-order chi connectivity index (χ1) is 11.6. The molecule has 0 spiro atoms. The van der Waals surface area contributed by atoms with Gasteiger partial charge in [0, 0.05) is 37.0 Å². The number of nitrogens with zero attached hydrogens (tertiary/aromatic N) is 3. The average Bonchev–Trinajstić information content (AvgIpc) is 3.22. The Morgan fingerprint density at radius 1 is 1.25 bits per heavy atom. The highest BCUT2D eigenvalue weighted by Crippen LogP contribution is 2.34. The highest BCUT2D eigenvalue weighted by atomic mass is 32.1. The Balaban J connectivity index is 1.45. The lowest BCUT2D eigenvalue weighted by molar-refractivity contribution is -0.129. The van der Waals surface area contributed by atoms with Crippen molar-refractivity contribution in [1.29, 1.82) is 0 Å². The van der Waals surface area contributed by atoms with E-state index in [2.05, 4.69) is 9.88 Å². The Hall–Kier alpha value is -1.79. The number of benzene rings is 1. The first kappa shape index (κ1) is 15.7. The van der Waals surface area contributed by atoms with E-state index in [-0.39, 0.29) is 23.8 Å². The third kappa shape index (κ3) is 2.96. The van der Waals surface area contributed by atoms with Gasteiger partial charge in [-0.25, -0.2) is 9.37 Å². The molecule has 24 heavy (non-hydrogen) atoms. The lowest BCUT2D eigenvalue weighted by Crippen LogP contribution is -2.36. The molecule has 3 heterocycles. The predicted molar refractivity (Wildman–Crippen MR) is 91.0 cm³/mol. The van der Waals surface area contributed by atoms with Crippen LogP contribution in [0, 0.1) is 12.7 Å². The van der Waals surface area contributed by atoms with Crippen molar-refractivity contribution < 1.29 is 9.18 Å². The maximum atomic E-state index is 13.1. The summed E-state index contributed by atoms with van der Waals surface area (Å²) in [5.41, 5.74) is 2.08. The van der Waals surface area contributed by atoms with Crippen molar-refractivity contribution in [2.24, 2.45) is 0 Å². The Kier molecular flexibility index (Phi) is 4.10. The van der Waals surface area contributed by atoms with E-state index in [0.717, 1.165) is 35.8 Å². The van der Waals surface area contributed by atoms with E-state index in [4.69, 9.17) is 0 Å². The quantitative estimate of drug-likeness (QED) is 0.855. The standard InChI is InChI=1S/C18H20FN3OS/c1-12-20-15(11-24-12)10-22-16-6-7-21(17(16)8-18(22)23)9-13-2-4-14(19)5-3-13/h2-5,11,16-17H,6-10H2,1H3/t16-,17+/m1/s1. The second-order valence-corrected chi connectivity index (χ2v) is 7.67. The number of carbonyl (C=O) groups excluding carboxylic acids is 1. The van der Waals surface area contributed by atoms with Crippen molar-refractivity contribution in [3.63, 3.8) is 0 Å². The first-order valence-electron chi connectivity index (χ1n) is 8.29. The van der Waals surface area contributed by atoms with Crippen molar-refractivity contribution in [3.05, 3.63) is 51.7 Å². The van der Waals surface area contributed by atoms with Gasteiger partial charge in [0.05, 0.1) is 17.2 Å². The number of thiazole rings is 1. The van der Waals surface area contributed by atoms with Crippen molar-refractivity contribution in [3.8, 4) is 0 Å². The topological polar surface area (TPSA) is 36.4 Å². The second kappa shape index (κ2) is 6.26. The number of fused-ring (bicyclic) bond motifs is 1. The largest absolute Gasteiger partial charge is 0.332 e. The van der Waals surface area contributed by atoms with Crippen LogP contribution in [0.2, 0.25) is 0 Å². The van der Waals surface area contributed by atoms with Crippen molar-refractivity contribution in [2.75, 3.05) is 6.54 Å². The van der Waals surface area contributed by atoms with Gasteiger partial charge in [-0.05, 0) is 31.0 Å². The van der Waals surface area contributed by atoms with Crippen LogP contribution in [0.1, 0.15) is 29.1 Å². The summed E-state index contributed by atoms with van der Waals surface area (Å²) in [6.07, 6.45) is 1.58. The van der Waals surface area contributed by atoms with E-state index in [1.165, 1.54) is 12.1 Å². The summed E-state index contributed by atoms with van der Waals surface area (Å²) in [5.74, 6) is 0.0123. The summed E-state index contributed by atoms with van der Waals surface area (Å²) in [6, 6.07) is 7.20. The second-order valence-electron chi connectivity index (χ2n) is 6.60. The van der Waals surface area contributed by atoms with Crippen LogP contribution in [-0.2, 0) is 17.9 Å². The van der Waals surface area contributed by atoms with Gasteiger partial charge in [-0.2, -0.15) is 0 Å². The van der Waals surface area contributed by atoms with Gasteiger partial charge in [0.15, 0.2) is 0 Å². The van der Waals surface area contributed by atoms with Crippen LogP contribution < -0.4 is 0 Å². The maximum Gasteiger partial charge on any atom is 0.224 e. The number of aryl methyl sites for hydroxylation is 1. The smallest absolute Gasteiger partial charge is 0.224 e. The van der Waals surface area contributed by atoms with Gasteiger partial charge < -0.3 is 4.90 Å². The van der Waals surface area contributed by atoms with Gasteiger partial charge in [0.25, 0.3) is 0 Å². The normalized spacial score (nSPS) is 23.9. The fourth-order valence-corrected chi connectivity index (χ4v) is 4.49. The van der Waals surface area contributed by atoms with Crippen LogP contribution in [0.5, 0.6) is 0 Å². The highest BCUT2D eigenvalue weighted by Gasteiger charge is 2.46. The van der Waals surface area contributed by atoms with E-state index >= 15 is 0 Å². The molecule has 2 aromatic rings. The SMILES string of the molecule is Cc1nc(CN2C(=O)C[C@H]3[C@H]2CCN3Cc2ccc(F)cc2)cs1. The zero-order chi connectivity index (χ0) is 16.7. The fourth-order valence-electron chi connectivity index (χ4n) is 3.89. The van der Waals surface area contributed by atoms with Crippen molar-refractivity contribution in [2.45, 2.75) is 44.9 Å². The molecular weight excluding hydrogens is 325 g/mol. The third-order valence-electron chi connectivity index (χ3n) is 5.03. The molecule has 126 valence electrons. The fraction of sp³-hybridized carbons (Fsp3) is 0.444. The number of halogens is 1. The number of amides is 1. The highest BCUT2D eigenvalue weighted by molar-refractivity contribution is 7.09. The lowest BCUT2D eigenvalue weighted by Gasteiger charge is -2.25. The molecule has 2 atom stereocenters. The minimum Gasteiger partial charge on any atom is -0.332 e. The molecule has 1 amide bonds. The molecule has 1 aromatic heterocycles. The maximum absolute atomic E-state index is 13.1. The van der Waals surface area contributed by atoms with Crippen LogP contribution in [0.4, 0.5) is 4.39 Å². The molecule has 0 saturated carbocycles. The molecule has 6 heteroatoms. The Bertz CT molecular complexity index is 745. The number of carbonyl (C=O) groups is 1. The molecule has 0 N–H and O–H groups in total. The summed E-state index contributed by atoms with van der Waals surface area (Å²) in [5, 5.41) is 3.08. The molecule has 0 unspecified atom stereocenters. The Labute approximate surface area is 144 Å². The molecule has 1 aromatic carbocycles. The minimum absolute atomic E-state index is 0.209. The molecule has 2 aliphatic rings. The van der Waals surface area contributed by atoms with Gasteiger partial charge in [-0.15, -0.1) is 11.3 Å². The molecule has 4 nitrogen and oxygen atoms in total. The average molecular weight is 345 g/mol. The van der Waals surface area contributed by atoms with E-state index in [0.29, 0.717) is 13.0 Å². The van der Waals surface area contributed by atoms with E-state index in [1.54, 1.807) is 11.3 Å². The van der Waals surface area contributed by atoms with Crippen LogP contribution in [0.25, 0.3) is 0 Å². The number of likely N-dealkylation sites (tertiary alicyclic amines) is 2. The molecule has 2 aliphatic heterocycles. The van der Waals surface area contributed by atoms with Crippen molar-refractivity contribution in [1.82, 2.24) is 14.8 Å². The molecular formula is C18H20FN3OS. The van der Waals surface area contributed by atoms with E-state index in [1.807, 2.05) is 29.3 Å². The molecule has 0 aliphatic carbocycles. The molecule has 0 radical (unpaired) electrons. The summed E-state index contributed by atoms with van der Waals surface area (Å²) in [6.45, 7) is 4.36. The summed E-state index contributed by atoms with van der Waals surface area (Å²) >= 11 is 1.63. The van der Waals surface area contributed by atoms with Gasteiger partial charge in [0.2, 0.25) is 5.91 Å². The van der Waals surface area contributed by atoms with E-state index < -0.39 is 0 Å². The van der Waals surface area contributed by atoms with Gasteiger partial charge >= 0.3 is 0 Å². The summed E-state index contributed by atoms with van der Waals surface area (Å²) in [4.78, 5) is 21.3. The number of hydrogen-bond donors (Lipinski definition) is 0. The number of aromatic nitrogens is 1. The molecule has 2 saturated heterocycles. The zero-order valence-corrected chi connectivity index (χ0v) is 14.4. The number of hydrogen-bond acceptors (Lipinski definition) is 4. The summed E-state index contributed by atoms with van der Waals surface area (Å²) < 4.78 is 13.1. The molecule has 4 rings (SSSR count). The monoisotopic (exact) mass is 345 g/mol. The molecule has 0 bridgehead atoms. The predicted octanol–water partition coefficient (Wildman–Crippen LogP) is 2.97. The van der Waals surface area contributed by atoms with Gasteiger partial charge in [-0.3, -0.25) is 9.69 Å². The number of rotatable bonds is 4. The lowest BCUT2D eigenvalue weighted by atomic mass is 10.1. The van der Waals surface area contributed by atoms with Crippen LogP contribution in [0.15, 0.2) is 29.6 Å². The van der Waals surface area contributed by atoms with Crippen molar-refractivity contribution >= 4 is 17.2 Å². The van der Waals surface area contributed by atoms with Crippen LogP contribution in [-0.4, -0.2) is 39.3 Å². The minimum atomic E-state index is -0.209. The van der Waals surface area contributed by atoms with E-state index in [9.17, 15) is 9.18 Å². The Morgan fingerprint density at radius 2 is 2.04 bits per heavy atom. The van der Waals surface area contributed by atoms with Crippen LogP contribution >= 0.6 is 11.3 Å². The summed E-state index contributed by atoms with van der Waals surface area (Å²) in [7, 11) is 0. The first-order valence-corrected chi connectivity index (χ1v) is 9.17. The zero-order valence-electron chi connectivity index (χ0n) is 13.6.